The zero-order valence-electron chi connectivity index (χ0n) is 12.5. The normalized spacial score (nSPS) is 11.8. The minimum atomic E-state index is -4.57. The van der Waals surface area contributed by atoms with Crippen LogP contribution < -0.4 is 5.43 Å². The van der Waals surface area contributed by atoms with Crippen LogP contribution >= 0.6 is 27.3 Å². The molecule has 4 nitrogen and oxygen atoms in total. The fraction of sp³-hybridized carbons (Fsp3) is 0.0625. The third kappa shape index (κ3) is 4.43. The van der Waals surface area contributed by atoms with E-state index in [0.717, 1.165) is 21.4 Å². The second-order valence-corrected chi connectivity index (χ2v) is 6.75. The van der Waals surface area contributed by atoms with Crippen molar-refractivity contribution in [1.82, 2.24) is 9.97 Å². The molecule has 3 aromatic rings. The van der Waals surface area contributed by atoms with Gasteiger partial charge in [0.15, 0.2) is 5.69 Å². The summed E-state index contributed by atoms with van der Waals surface area (Å²) in [5.41, 5.74) is 2.59. The highest BCUT2D eigenvalue weighted by atomic mass is 79.9. The Morgan fingerprint density at radius 2 is 1.88 bits per heavy atom. The third-order valence-electron chi connectivity index (χ3n) is 3.04. The molecule has 1 aromatic carbocycles. The number of hydrazone groups is 1. The lowest BCUT2D eigenvalue weighted by molar-refractivity contribution is -0.140. The summed E-state index contributed by atoms with van der Waals surface area (Å²) in [7, 11) is 0. The van der Waals surface area contributed by atoms with Crippen molar-refractivity contribution in [1.29, 1.82) is 0 Å². The summed E-state index contributed by atoms with van der Waals surface area (Å²) in [5.74, 6) is 0. The first-order valence-corrected chi connectivity index (χ1v) is 8.58. The number of alkyl halides is 3. The molecule has 0 fully saturated rings. The molecule has 0 bridgehead atoms. The largest absolute Gasteiger partial charge is 0.434 e. The Labute approximate surface area is 153 Å². The number of nitrogens with zero attached hydrogens (tertiary/aromatic N) is 3. The topological polar surface area (TPSA) is 50.2 Å². The Kier molecular flexibility index (Phi) is 5.14. The molecule has 0 saturated heterocycles. The second kappa shape index (κ2) is 7.32. The van der Waals surface area contributed by atoms with Gasteiger partial charge in [0, 0.05) is 10.7 Å². The van der Waals surface area contributed by atoms with Gasteiger partial charge in [-0.15, -0.1) is 0 Å². The summed E-state index contributed by atoms with van der Waals surface area (Å²) < 4.78 is 40.6. The van der Waals surface area contributed by atoms with Gasteiger partial charge in [0.25, 0.3) is 0 Å². The molecular formula is C16H10BrF3N4S. The number of nitrogens with one attached hydrogen (secondary N) is 1. The zero-order valence-corrected chi connectivity index (χ0v) is 14.9. The number of hydrogen-bond donors (Lipinski definition) is 1. The lowest BCUT2D eigenvalue weighted by Crippen LogP contribution is -2.07. The lowest BCUT2D eigenvalue weighted by Gasteiger charge is -2.04. The predicted molar refractivity (Wildman–Crippen MR) is 95.7 cm³/mol. The van der Waals surface area contributed by atoms with E-state index in [1.807, 2.05) is 24.3 Å². The number of pyridine rings is 1. The Hall–Kier alpha value is -2.26. The number of hydrogen-bond acceptors (Lipinski definition) is 5. The lowest BCUT2D eigenvalue weighted by atomic mass is 10.2. The minimum Gasteiger partial charge on any atom is -0.255 e. The van der Waals surface area contributed by atoms with Gasteiger partial charge in [-0.2, -0.15) is 18.3 Å². The molecule has 0 radical (unpaired) electrons. The minimum absolute atomic E-state index is 0.0429. The molecule has 25 heavy (non-hydrogen) atoms. The molecule has 0 saturated carbocycles. The smallest absolute Gasteiger partial charge is 0.255 e. The fourth-order valence-corrected chi connectivity index (χ4v) is 3.12. The predicted octanol–water partition coefficient (Wildman–Crippen LogP) is 5.43. The van der Waals surface area contributed by atoms with Crippen molar-refractivity contribution in [3.8, 4) is 10.6 Å². The van der Waals surface area contributed by atoms with Gasteiger partial charge in [0.2, 0.25) is 5.13 Å². The van der Waals surface area contributed by atoms with E-state index in [1.54, 1.807) is 12.1 Å². The first kappa shape index (κ1) is 17.6. The summed E-state index contributed by atoms with van der Waals surface area (Å²) in [6.07, 6.45) is -1.63. The van der Waals surface area contributed by atoms with Gasteiger partial charge in [-0.1, -0.05) is 45.5 Å². The van der Waals surface area contributed by atoms with Crippen LogP contribution in [-0.2, 0) is 6.18 Å². The average molecular weight is 427 g/mol. The highest BCUT2D eigenvalue weighted by molar-refractivity contribution is 9.10. The SMILES string of the molecule is FC(F)(F)c1nc(N/N=C/c2ccc(Br)cc2)sc1-c1ccccn1. The summed E-state index contributed by atoms with van der Waals surface area (Å²) in [6.45, 7) is 0. The van der Waals surface area contributed by atoms with E-state index in [4.69, 9.17) is 0 Å². The molecule has 2 heterocycles. The number of thiazole rings is 1. The van der Waals surface area contributed by atoms with Gasteiger partial charge >= 0.3 is 6.18 Å². The quantitative estimate of drug-likeness (QED) is 0.446. The van der Waals surface area contributed by atoms with E-state index in [-0.39, 0.29) is 15.7 Å². The van der Waals surface area contributed by atoms with Crippen LogP contribution in [0.2, 0.25) is 0 Å². The molecule has 0 aliphatic heterocycles. The highest BCUT2D eigenvalue weighted by Gasteiger charge is 2.38. The maximum atomic E-state index is 13.2. The van der Waals surface area contributed by atoms with Crippen LogP contribution in [0.15, 0.2) is 58.2 Å². The van der Waals surface area contributed by atoms with Crippen LogP contribution in [-0.4, -0.2) is 16.2 Å². The van der Waals surface area contributed by atoms with E-state index < -0.39 is 11.9 Å². The first-order valence-electron chi connectivity index (χ1n) is 6.97. The number of aromatic nitrogens is 2. The highest BCUT2D eigenvalue weighted by Crippen LogP contribution is 2.41. The summed E-state index contributed by atoms with van der Waals surface area (Å²) >= 11 is 4.17. The summed E-state index contributed by atoms with van der Waals surface area (Å²) in [4.78, 5) is 7.55. The number of benzene rings is 1. The number of halogens is 4. The third-order valence-corrected chi connectivity index (χ3v) is 4.55. The van der Waals surface area contributed by atoms with E-state index in [9.17, 15) is 13.2 Å². The van der Waals surface area contributed by atoms with Crippen LogP contribution in [0.25, 0.3) is 10.6 Å². The Balaban J connectivity index is 1.85. The van der Waals surface area contributed by atoms with Gasteiger partial charge in [0.05, 0.1) is 16.8 Å². The van der Waals surface area contributed by atoms with E-state index in [1.165, 1.54) is 18.5 Å². The van der Waals surface area contributed by atoms with Crippen molar-refractivity contribution in [2.24, 2.45) is 5.10 Å². The summed E-state index contributed by atoms with van der Waals surface area (Å²) in [5, 5.41) is 3.98. The van der Waals surface area contributed by atoms with Crippen LogP contribution in [0.5, 0.6) is 0 Å². The van der Waals surface area contributed by atoms with Crippen LogP contribution in [0.1, 0.15) is 11.3 Å². The standard InChI is InChI=1S/C16H10BrF3N4S/c17-11-6-4-10(5-7-11)9-22-24-15-23-14(16(18,19)20)13(25-15)12-3-1-2-8-21-12/h1-9H,(H,23,24)/b22-9+. The van der Waals surface area contributed by atoms with Gasteiger partial charge in [-0.3, -0.25) is 10.4 Å². The Bertz CT molecular complexity index is 877. The fourth-order valence-electron chi connectivity index (χ4n) is 1.94. The van der Waals surface area contributed by atoms with Gasteiger partial charge < -0.3 is 0 Å². The molecule has 3 rings (SSSR count). The van der Waals surface area contributed by atoms with Gasteiger partial charge in [-0.25, -0.2) is 4.98 Å². The Morgan fingerprint density at radius 3 is 2.52 bits per heavy atom. The first-order chi connectivity index (χ1) is 11.9. The van der Waals surface area contributed by atoms with Crippen molar-refractivity contribution >= 4 is 38.6 Å². The van der Waals surface area contributed by atoms with E-state index in [0.29, 0.717) is 0 Å². The average Bonchev–Trinajstić information content (AvgIpc) is 3.02. The summed E-state index contributed by atoms with van der Waals surface area (Å²) in [6, 6.07) is 12.1. The van der Waals surface area contributed by atoms with Crippen LogP contribution in [0.3, 0.4) is 0 Å². The van der Waals surface area contributed by atoms with Crippen molar-refractivity contribution < 1.29 is 13.2 Å². The molecule has 0 unspecified atom stereocenters. The van der Waals surface area contributed by atoms with Crippen molar-refractivity contribution in [2.45, 2.75) is 6.18 Å². The molecule has 0 spiro atoms. The molecule has 2 aromatic heterocycles. The van der Waals surface area contributed by atoms with Gasteiger partial charge in [0.1, 0.15) is 0 Å². The van der Waals surface area contributed by atoms with Crippen LogP contribution in [0, 0.1) is 0 Å². The number of anilines is 1. The zero-order chi connectivity index (χ0) is 17.9. The van der Waals surface area contributed by atoms with Crippen molar-refractivity contribution in [3.05, 3.63) is 64.4 Å². The van der Waals surface area contributed by atoms with Crippen molar-refractivity contribution in [2.75, 3.05) is 5.43 Å². The molecule has 9 heteroatoms. The molecule has 0 atom stereocenters. The molecule has 0 aliphatic carbocycles. The van der Waals surface area contributed by atoms with Crippen LogP contribution in [0.4, 0.5) is 18.3 Å². The molecule has 0 amide bonds. The maximum Gasteiger partial charge on any atom is 0.434 e. The van der Waals surface area contributed by atoms with E-state index in [2.05, 4.69) is 36.4 Å². The molecule has 128 valence electrons. The monoisotopic (exact) mass is 426 g/mol. The second-order valence-electron chi connectivity index (χ2n) is 4.83. The molecular weight excluding hydrogens is 417 g/mol. The molecule has 0 aliphatic rings. The van der Waals surface area contributed by atoms with E-state index >= 15 is 0 Å². The number of rotatable bonds is 4. The Morgan fingerprint density at radius 1 is 1.12 bits per heavy atom. The van der Waals surface area contributed by atoms with Gasteiger partial charge in [-0.05, 0) is 29.8 Å². The molecule has 1 N–H and O–H groups in total. The van der Waals surface area contributed by atoms with Crippen molar-refractivity contribution in [3.63, 3.8) is 0 Å². The maximum absolute atomic E-state index is 13.2.